The van der Waals surface area contributed by atoms with E-state index in [9.17, 15) is 0 Å². The number of hydrogen-bond donors (Lipinski definition) is 2. The van der Waals surface area contributed by atoms with Crippen molar-refractivity contribution in [1.29, 1.82) is 0 Å². The fraction of sp³-hybridized carbons (Fsp3) is 0.500. The molecule has 0 atom stereocenters. The van der Waals surface area contributed by atoms with E-state index in [2.05, 4.69) is 9.98 Å². The lowest BCUT2D eigenvalue weighted by Gasteiger charge is -2.14. The standard InChI is InChI=1S/C12H18N4O.HI/c13-12(14)16-8-9-4-3-7-15-11(9)17-10-5-1-2-6-10;/h3-4,7,10H,1-2,5-6,8H2,(H4,13,14,16);1H. The summed E-state index contributed by atoms with van der Waals surface area (Å²) in [5, 5.41) is 0. The molecule has 100 valence electrons. The highest BCUT2D eigenvalue weighted by Crippen LogP contribution is 2.25. The van der Waals surface area contributed by atoms with Crippen LogP contribution in [0.3, 0.4) is 0 Å². The lowest BCUT2D eigenvalue weighted by molar-refractivity contribution is 0.199. The third-order valence-electron chi connectivity index (χ3n) is 2.86. The summed E-state index contributed by atoms with van der Waals surface area (Å²) >= 11 is 0. The molecule has 18 heavy (non-hydrogen) atoms. The predicted molar refractivity (Wildman–Crippen MR) is 82.0 cm³/mol. The fourth-order valence-electron chi connectivity index (χ4n) is 1.99. The maximum absolute atomic E-state index is 5.88. The smallest absolute Gasteiger partial charge is 0.218 e. The van der Waals surface area contributed by atoms with Crippen LogP contribution >= 0.6 is 24.0 Å². The highest BCUT2D eigenvalue weighted by Gasteiger charge is 2.18. The highest BCUT2D eigenvalue weighted by molar-refractivity contribution is 14.0. The van der Waals surface area contributed by atoms with Crippen LogP contribution in [0.4, 0.5) is 0 Å². The van der Waals surface area contributed by atoms with E-state index in [1.54, 1.807) is 6.20 Å². The first-order valence-corrected chi connectivity index (χ1v) is 5.91. The monoisotopic (exact) mass is 362 g/mol. The molecule has 0 saturated heterocycles. The number of ether oxygens (including phenoxy) is 1. The molecular formula is C12H19IN4O. The van der Waals surface area contributed by atoms with Crippen LogP contribution < -0.4 is 16.2 Å². The van der Waals surface area contributed by atoms with Crippen molar-refractivity contribution < 1.29 is 4.74 Å². The van der Waals surface area contributed by atoms with Gasteiger partial charge in [0.1, 0.15) is 6.10 Å². The van der Waals surface area contributed by atoms with Crippen molar-refractivity contribution >= 4 is 29.9 Å². The molecule has 0 aromatic carbocycles. The molecule has 1 saturated carbocycles. The maximum Gasteiger partial charge on any atom is 0.218 e. The zero-order valence-electron chi connectivity index (χ0n) is 10.2. The van der Waals surface area contributed by atoms with Crippen molar-refractivity contribution in [3.63, 3.8) is 0 Å². The molecular weight excluding hydrogens is 343 g/mol. The van der Waals surface area contributed by atoms with Crippen LogP contribution in [0.2, 0.25) is 0 Å². The zero-order chi connectivity index (χ0) is 12.1. The molecule has 1 heterocycles. The van der Waals surface area contributed by atoms with Gasteiger partial charge in [0.2, 0.25) is 5.88 Å². The molecule has 0 aliphatic heterocycles. The van der Waals surface area contributed by atoms with Gasteiger partial charge in [-0.1, -0.05) is 6.07 Å². The number of aromatic nitrogens is 1. The van der Waals surface area contributed by atoms with E-state index in [1.807, 2.05) is 12.1 Å². The van der Waals surface area contributed by atoms with Gasteiger partial charge in [0.05, 0.1) is 6.54 Å². The first-order chi connectivity index (χ1) is 8.25. The molecule has 1 aliphatic carbocycles. The topological polar surface area (TPSA) is 86.5 Å². The summed E-state index contributed by atoms with van der Waals surface area (Å²) in [5.74, 6) is 0.741. The highest BCUT2D eigenvalue weighted by atomic mass is 127. The van der Waals surface area contributed by atoms with Crippen molar-refractivity contribution in [2.24, 2.45) is 16.5 Å². The molecule has 1 aromatic rings. The van der Waals surface area contributed by atoms with Crippen molar-refractivity contribution in [1.82, 2.24) is 4.98 Å². The Morgan fingerprint density at radius 2 is 2.11 bits per heavy atom. The Balaban J connectivity index is 0.00000162. The Kier molecular flexibility index (Phi) is 6.17. The molecule has 0 spiro atoms. The minimum absolute atomic E-state index is 0. The molecule has 4 N–H and O–H groups in total. The van der Waals surface area contributed by atoms with Gasteiger partial charge >= 0.3 is 0 Å². The summed E-state index contributed by atoms with van der Waals surface area (Å²) in [4.78, 5) is 8.23. The van der Waals surface area contributed by atoms with Crippen molar-refractivity contribution in [3.8, 4) is 5.88 Å². The van der Waals surface area contributed by atoms with Gasteiger partial charge in [-0.05, 0) is 31.7 Å². The molecule has 1 fully saturated rings. The first kappa shape index (κ1) is 15.0. The van der Waals surface area contributed by atoms with Crippen LogP contribution in [-0.4, -0.2) is 17.0 Å². The van der Waals surface area contributed by atoms with Crippen LogP contribution in [0.15, 0.2) is 23.3 Å². The van der Waals surface area contributed by atoms with Crippen molar-refractivity contribution in [2.45, 2.75) is 38.3 Å². The Labute approximate surface area is 124 Å². The summed E-state index contributed by atoms with van der Waals surface area (Å²) in [6, 6.07) is 3.79. The lowest BCUT2D eigenvalue weighted by Crippen LogP contribution is -2.22. The molecule has 0 bridgehead atoms. The van der Waals surface area contributed by atoms with Gasteiger partial charge < -0.3 is 16.2 Å². The third kappa shape index (κ3) is 4.32. The third-order valence-corrected chi connectivity index (χ3v) is 2.86. The molecule has 1 aliphatic rings. The van der Waals surface area contributed by atoms with E-state index in [-0.39, 0.29) is 29.9 Å². The average molecular weight is 362 g/mol. The van der Waals surface area contributed by atoms with Crippen LogP contribution in [0.1, 0.15) is 31.2 Å². The van der Waals surface area contributed by atoms with Crippen LogP contribution in [-0.2, 0) is 6.54 Å². The molecule has 0 amide bonds. The van der Waals surface area contributed by atoms with Gasteiger partial charge in [0, 0.05) is 11.8 Å². The van der Waals surface area contributed by atoms with Gasteiger partial charge in [-0.15, -0.1) is 24.0 Å². The quantitative estimate of drug-likeness (QED) is 0.486. The second-order valence-corrected chi connectivity index (χ2v) is 4.23. The van der Waals surface area contributed by atoms with Gasteiger partial charge in [-0.25, -0.2) is 9.98 Å². The van der Waals surface area contributed by atoms with E-state index < -0.39 is 0 Å². The number of nitrogens with zero attached hydrogens (tertiary/aromatic N) is 2. The summed E-state index contributed by atoms with van der Waals surface area (Å²) in [6.07, 6.45) is 6.71. The lowest BCUT2D eigenvalue weighted by atomic mass is 10.2. The number of guanidine groups is 1. The first-order valence-electron chi connectivity index (χ1n) is 5.91. The van der Waals surface area contributed by atoms with Gasteiger partial charge in [-0.3, -0.25) is 0 Å². The normalized spacial score (nSPS) is 14.9. The van der Waals surface area contributed by atoms with E-state index in [0.717, 1.165) is 18.4 Å². The van der Waals surface area contributed by atoms with Crippen LogP contribution in [0.5, 0.6) is 5.88 Å². The fourth-order valence-corrected chi connectivity index (χ4v) is 1.99. The minimum Gasteiger partial charge on any atom is -0.474 e. The molecule has 2 rings (SSSR count). The average Bonchev–Trinajstić information content (AvgIpc) is 2.80. The number of pyridine rings is 1. The van der Waals surface area contributed by atoms with E-state index in [0.29, 0.717) is 18.5 Å². The molecule has 6 heteroatoms. The number of nitrogens with two attached hydrogens (primary N) is 2. The predicted octanol–water partition coefficient (Wildman–Crippen LogP) is 1.79. The largest absolute Gasteiger partial charge is 0.474 e. The zero-order valence-corrected chi connectivity index (χ0v) is 12.5. The number of aliphatic imine (C=N–C) groups is 1. The van der Waals surface area contributed by atoms with Gasteiger partial charge in [0.25, 0.3) is 0 Å². The van der Waals surface area contributed by atoms with Crippen LogP contribution in [0, 0.1) is 0 Å². The molecule has 0 unspecified atom stereocenters. The van der Waals surface area contributed by atoms with E-state index in [1.165, 1.54) is 12.8 Å². The second kappa shape index (κ2) is 7.40. The Morgan fingerprint density at radius 3 is 2.78 bits per heavy atom. The number of halogens is 1. The summed E-state index contributed by atoms with van der Waals surface area (Å²) < 4.78 is 5.88. The SMILES string of the molecule is I.NC(N)=NCc1cccnc1OC1CCCC1. The van der Waals surface area contributed by atoms with E-state index in [4.69, 9.17) is 16.2 Å². The second-order valence-electron chi connectivity index (χ2n) is 4.23. The summed E-state index contributed by atoms with van der Waals surface area (Å²) in [6.45, 7) is 0.415. The van der Waals surface area contributed by atoms with Gasteiger partial charge in [-0.2, -0.15) is 0 Å². The Bertz CT molecular complexity index is 401. The summed E-state index contributed by atoms with van der Waals surface area (Å²) in [7, 11) is 0. The molecule has 1 aromatic heterocycles. The Morgan fingerprint density at radius 1 is 1.39 bits per heavy atom. The molecule has 0 radical (unpaired) electrons. The van der Waals surface area contributed by atoms with Crippen molar-refractivity contribution in [3.05, 3.63) is 23.9 Å². The Hall–Kier alpha value is -1.05. The van der Waals surface area contributed by atoms with E-state index >= 15 is 0 Å². The minimum atomic E-state index is 0. The number of hydrogen-bond acceptors (Lipinski definition) is 3. The summed E-state index contributed by atoms with van der Waals surface area (Å²) in [5.41, 5.74) is 11.6. The number of rotatable bonds is 4. The van der Waals surface area contributed by atoms with Gasteiger partial charge in [0.15, 0.2) is 5.96 Å². The maximum atomic E-state index is 5.88. The molecule has 5 nitrogen and oxygen atoms in total. The van der Waals surface area contributed by atoms with Crippen molar-refractivity contribution in [2.75, 3.05) is 0 Å². The van der Waals surface area contributed by atoms with Crippen LogP contribution in [0.25, 0.3) is 0 Å².